The van der Waals surface area contributed by atoms with Crippen molar-refractivity contribution in [2.45, 2.75) is 49.5 Å². The number of carbonyl (C=O) groups excluding carboxylic acids is 2. The number of fused-ring (bicyclic) bond motifs is 3. The van der Waals surface area contributed by atoms with Gasteiger partial charge in [-0.15, -0.1) is 0 Å². The van der Waals surface area contributed by atoms with E-state index in [1.807, 2.05) is 0 Å². The fourth-order valence-corrected chi connectivity index (χ4v) is 5.93. The molecule has 1 atom stereocenters. The molecular formula is C23H35N5O4S. The monoisotopic (exact) mass is 477 g/mol. The number of rotatable bonds is 8. The number of piperidine rings is 1. The minimum atomic E-state index is -3.66. The van der Waals surface area contributed by atoms with E-state index in [0.29, 0.717) is 12.2 Å². The Labute approximate surface area is 196 Å². The van der Waals surface area contributed by atoms with Gasteiger partial charge < -0.3 is 15.1 Å². The summed E-state index contributed by atoms with van der Waals surface area (Å²) in [6.45, 7) is 4.43. The highest BCUT2D eigenvalue weighted by atomic mass is 32.2. The van der Waals surface area contributed by atoms with Crippen LogP contribution in [0.4, 0.5) is 11.4 Å². The molecule has 1 aromatic rings. The number of hydrogen-bond donors (Lipinski definition) is 1. The molecule has 0 radical (unpaired) electrons. The van der Waals surface area contributed by atoms with E-state index < -0.39 is 10.0 Å². The molecular weight excluding hydrogens is 442 g/mol. The van der Waals surface area contributed by atoms with Crippen LogP contribution in [0.1, 0.15) is 38.5 Å². The van der Waals surface area contributed by atoms with E-state index in [1.165, 1.54) is 37.9 Å². The Morgan fingerprint density at radius 2 is 1.82 bits per heavy atom. The zero-order valence-electron chi connectivity index (χ0n) is 19.6. The minimum absolute atomic E-state index is 0.106. The first kappa shape index (κ1) is 24.0. The second kappa shape index (κ2) is 9.99. The average molecular weight is 478 g/mol. The number of likely N-dealkylation sites (tertiary alicyclic amines) is 1. The van der Waals surface area contributed by atoms with Crippen LogP contribution in [0.2, 0.25) is 0 Å². The summed E-state index contributed by atoms with van der Waals surface area (Å²) in [5.41, 5.74) is 1.31. The maximum atomic E-state index is 13.4. The summed E-state index contributed by atoms with van der Waals surface area (Å²) in [6, 6.07) is 4.60. The third kappa shape index (κ3) is 5.02. The van der Waals surface area contributed by atoms with Crippen LogP contribution in [-0.2, 0) is 19.6 Å². The second-order valence-electron chi connectivity index (χ2n) is 9.32. The first-order valence-electron chi connectivity index (χ1n) is 11.9. The lowest BCUT2D eigenvalue weighted by atomic mass is 9.96. The number of hydrogen-bond acceptors (Lipinski definition) is 6. The van der Waals surface area contributed by atoms with E-state index in [9.17, 15) is 18.0 Å². The van der Waals surface area contributed by atoms with Gasteiger partial charge in [-0.25, -0.2) is 12.7 Å². The molecule has 3 aliphatic heterocycles. The first-order valence-corrected chi connectivity index (χ1v) is 13.4. The molecule has 2 saturated heterocycles. The highest BCUT2D eigenvalue weighted by molar-refractivity contribution is 7.89. The molecule has 0 aromatic heterocycles. The SMILES string of the molecule is CN(C)S(=O)(=O)c1ccc2c(c1)N(CC(=O)NCCCN1CCCC1)C(=O)[C@@H]1CCCCN21. The predicted octanol–water partition coefficient (Wildman–Crippen LogP) is 1.24. The Morgan fingerprint density at radius 3 is 2.55 bits per heavy atom. The van der Waals surface area contributed by atoms with Crippen LogP contribution < -0.4 is 15.1 Å². The smallest absolute Gasteiger partial charge is 0.250 e. The maximum absolute atomic E-state index is 13.4. The quantitative estimate of drug-likeness (QED) is 0.567. The summed E-state index contributed by atoms with van der Waals surface area (Å²) < 4.78 is 26.6. The summed E-state index contributed by atoms with van der Waals surface area (Å²) in [6.07, 6.45) is 6.05. The molecule has 0 saturated carbocycles. The second-order valence-corrected chi connectivity index (χ2v) is 11.5. The topological polar surface area (TPSA) is 93.3 Å². The molecule has 10 heteroatoms. The van der Waals surface area contributed by atoms with Crippen LogP contribution in [0.5, 0.6) is 0 Å². The van der Waals surface area contributed by atoms with Gasteiger partial charge in [-0.2, -0.15) is 0 Å². The summed E-state index contributed by atoms with van der Waals surface area (Å²) >= 11 is 0. The van der Waals surface area contributed by atoms with Gasteiger partial charge in [-0.05, 0) is 76.4 Å². The van der Waals surface area contributed by atoms with E-state index in [0.717, 1.165) is 61.9 Å². The Kier molecular flexibility index (Phi) is 7.25. The lowest BCUT2D eigenvalue weighted by molar-refractivity contribution is -0.125. The van der Waals surface area contributed by atoms with Crippen molar-refractivity contribution in [1.29, 1.82) is 0 Å². The molecule has 0 bridgehead atoms. The van der Waals surface area contributed by atoms with Gasteiger partial charge in [0.25, 0.3) is 0 Å². The third-order valence-electron chi connectivity index (χ3n) is 6.85. The van der Waals surface area contributed by atoms with Crippen LogP contribution in [-0.4, -0.2) is 88.8 Å². The third-order valence-corrected chi connectivity index (χ3v) is 8.66. The molecule has 2 fully saturated rings. The number of benzene rings is 1. The average Bonchev–Trinajstić information content (AvgIpc) is 3.32. The minimum Gasteiger partial charge on any atom is -0.358 e. The van der Waals surface area contributed by atoms with E-state index in [2.05, 4.69) is 15.1 Å². The summed E-state index contributed by atoms with van der Waals surface area (Å²) in [5.74, 6) is -0.352. The highest BCUT2D eigenvalue weighted by Crippen LogP contribution is 2.40. The Hall–Kier alpha value is -2.17. The van der Waals surface area contributed by atoms with Gasteiger partial charge in [-0.1, -0.05) is 0 Å². The van der Waals surface area contributed by atoms with Crippen LogP contribution in [0.15, 0.2) is 23.1 Å². The molecule has 0 aliphatic carbocycles. The zero-order valence-corrected chi connectivity index (χ0v) is 20.4. The van der Waals surface area contributed by atoms with Gasteiger partial charge >= 0.3 is 0 Å². The number of anilines is 2. The Morgan fingerprint density at radius 1 is 1.09 bits per heavy atom. The summed E-state index contributed by atoms with van der Waals surface area (Å²) in [7, 11) is -0.703. The van der Waals surface area contributed by atoms with Crippen LogP contribution >= 0.6 is 0 Å². The fraction of sp³-hybridized carbons (Fsp3) is 0.652. The molecule has 9 nitrogen and oxygen atoms in total. The summed E-state index contributed by atoms with van der Waals surface area (Å²) in [5, 5.41) is 2.94. The van der Waals surface area contributed by atoms with Gasteiger partial charge in [0, 0.05) is 27.2 Å². The van der Waals surface area contributed by atoms with Gasteiger partial charge in [0.1, 0.15) is 12.6 Å². The van der Waals surface area contributed by atoms with Crippen molar-refractivity contribution in [3.8, 4) is 0 Å². The number of nitrogens with one attached hydrogen (secondary N) is 1. The van der Waals surface area contributed by atoms with Crippen molar-refractivity contribution in [2.24, 2.45) is 0 Å². The van der Waals surface area contributed by atoms with E-state index in [1.54, 1.807) is 12.1 Å². The first-order chi connectivity index (χ1) is 15.8. The zero-order chi connectivity index (χ0) is 23.6. The normalized spacial score (nSPS) is 21.3. The standard InChI is InChI=1S/C23H35N5O4S/c1-25(2)33(31,32)18-9-10-19-21(16-18)28(23(30)20-8-3-4-15-27(19)20)17-22(29)24-11-7-14-26-12-5-6-13-26/h9-10,16,20H,3-8,11-15,17H2,1-2H3,(H,24,29)/t20-/m0/s1. The maximum Gasteiger partial charge on any atom is 0.250 e. The number of carbonyl (C=O) groups is 2. The Bertz CT molecular complexity index is 991. The predicted molar refractivity (Wildman–Crippen MR) is 128 cm³/mol. The molecule has 0 spiro atoms. The van der Waals surface area contributed by atoms with Gasteiger partial charge in [-0.3, -0.25) is 14.5 Å². The molecule has 182 valence electrons. The fourth-order valence-electron chi connectivity index (χ4n) is 5.01. The van der Waals surface area contributed by atoms with E-state index in [-0.39, 0.29) is 29.3 Å². The van der Waals surface area contributed by atoms with Crippen LogP contribution in [0.3, 0.4) is 0 Å². The highest BCUT2D eigenvalue weighted by Gasteiger charge is 2.40. The molecule has 3 aliphatic rings. The largest absolute Gasteiger partial charge is 0.358 e. The van der Waals surface area contributed by atoms with Gasteiger partial charge in [0.15, 0.2) is 0 Å². The Balaban J connectivity index is 1.52. The van der Waals surface area contributed by atoms with E-state index >= 15 is 0 Å². The molecule has 1 N–H and O–H groups in total. The van der Waals surface area contributed by atoms with Crippen molar-refractivity contribution in [1.82, 2.24) is 14.5 Å². The molecule has 0 unspecified atom stereocenters. The van der Waals surface area contributed by atoms with Crippen molar-refractivity contribution >= 4 is 33.2 Å². The lowest BCUT2D eigenvalue weighted by Crippen LogP contribution is -2.57. The number of sulfonamides is 1. The lowest BCUT2D eigenvalue weighted by Gasteiger charge is -2.45. The van der Waals surface area contributed by atoms with Gasteiger partial charge in [0.05, 0.1) is 16.3 Å². The van der Waals surface area contributed by atoms with Crippen molar-refractivity contribution in [2.75, 3.05) is 63.2 Å². The number of nitrogens with zero attached hydrogens (tertiary/aromatic N) is 4. The molecule has 33 heavy (non-hydrogen) atoms. The molecule has 4 rings (SSSR count). The van der Waals surface area contributed by atoms with Crippen molar-refractivity contribution in [3.63, 3.8) is 0 Å². The van der Waals surface area contributed by atoms with Crippen LogP contribution in [0, 0.1) is 0 Å². The number of amides is 2. The van der Waals surface area contributed by atoms with Crippen molar-refractivity contribution < 1.29 is 18.0 Å². The van der Waals surface area contributed by atoms with E-state index in [4.69, 9.17) is 0 Å². The van der Waals surface area contributed by atoms with Crippen molar-refractivity contribution in [3.05, 3.63) is 18.2 Å². The van der Waals surface area contributed by atoms with Gasteiger partial charge in [0.2, 0.25) is 21.8 Å². The summed E-state index contributed by atoms with van der Waals surface area (Å²) in [4.78, 5) is 32.2. The molecule has 3 heterocycles. The van der Waals surface area contributed by atoms with Crippen LogP contribution in [0.25, 0.3) is 0 Å². The molecule has 2 amide bonds. The molecule has 1 aromatic carbocycles.